The molecule has 0 spiro atoms. The molecule has 6 heteroatoms. The van der Waals surface area contributed by atoms with Crippen molar-refractivity contribution >= 4 is 17.5 Å². The second-order valence-corrected chi connectivity index (χ2v) is 3.44. The standard InChI is InChI=1S/C11H14N6/c1-17-8-7-10(16-17)14-11(15-12)13-9-5-3-2-4-6-9/h2-8H,12H2,1H3,(H2,13,14,15,16). The highest BCUT2D eigenvalue weighted by Gasteiger charge is 1.99. The number of aliphatic imine (C=N–C) groups is 1. The number of nitrogens with one attached hydrogen (secondary N) is 2. The van der Waals surface area contributed by atoms with Crippen LogP contribution in [0.4, 0.5) is 11.5 Å². The van der Waals surface area contributed by atoms with Gasteiger partial charge < -0.3 is 5.32 Å². The maximum absolute atomic E-state index is 5.40. The van der Waals surface area contributed by atoms with E-state index in [2.05, 4.69) is 20.8 Å². The Labute approximate surface area is 99.1 Å². The van der Waals surface area contributed by atoms with Gasteiger partial charge in [-0.2, -0.15) is 10.1 Å². The third-order valence-electron chi connectivity index (χ3n) is 2.10. The Morgan fingerprint density at radius 1 is 1.29 bits per heavy atom. The summed E-state index contributed by atoms with van der Waals surface area (Å²) in [4.78, 5) is 4.23. The normalized spacial score (nSPS) is 11.3. The topological polar surface area (TPSA) is 80.3 Å². The lowest BCUT2D eigenvalue weighted by molar-refractivity contribution is 0.768. The van der Waals surface area contributed by atoms with Crippen LogP contribution in [0.25, 0.3) is 0 Å². The lowest BCUT2D eigenvalue weighted by Gasteiger charge is -2.07. The monoisotopic (exact) mass is 230 g/mol. The van der Waals surface area contributed by atoms with Crippen LogP contribution >= 0.6 is 0 Å². The molecule has 1 aromatic carbocycles. The van der Waals surface area contributed by atoms with E-state index in [1.54, 1.807) is 10.7 Å². The van der Waals surface area contributed by atoms with Gasteiger partial charge in [-0.3, -0.25) is 10.1 Å². The van der Waals surface area contributed by atoms with Crippen LogP contribution in [0.15, 0.2) is 47.6 Å². The molecule has 0 bridgehead atoms. The van der Waals surface area contributed by atoms with Gasteiger partial charge in [0.1, 0.15) is 0 Å². The van der Waals surface area contributed by atoms with E-state index in [0.29, 0.717) is 11.8 Å². The number of hydrazine groups is 1. The largest absolute Gasteiger partial charge is 0.325 e. The predicted molar refractivity (Wildman–Crippen MR) is 67.7 cm³/mol. The second-order valence-electron chi connectivity index (χ2n) is 3.44. The summed E-state index contributed by atoms with van der Waals surface area (Å²) in [5, 5.41) is 7.18. The smallest absolute Gasteiger partial charge is 0.217 e. The molecule has 4 N–H and O–H groups in total. The Morgan fingerprint density at radius 3 is 2.65 bits per heavy atom. The van der Waals surface area contributed by atoms with Crippen molar-refractivity contribution in [1.29, 1.82) is 0 Å². The van der Waals surface area contributed by atoms with E-state index in [1.807, 2.05) is 43.6 Å². The Bertz CT molecular complexity index is 502. The molecule has 0 amide bonds. The molecule has 0 fully saturated rings. The second kappa shape index (κ2) is 5.13. The van der Waals surface area contributed by atoms with Crippen molar-refractivity contribution in [2.24, 2.45) is 17.9 Å². The maximum atomic E-state index is 5.40. The molecule has 88 valence electrons. The summed E-state index contributed by atoms with van der Waals surface area (Å²) in [7, 11) is 1.83. The van der Waals surface area contributed by atoms with Crippen molar-refractivity contribution in [1.82, 2.24) is 15.2 Å². The third-order valence-corrected chi connectivity index (χ3v) is 2.10. The van der Waals surface area contributed by atoms with Gasteiger partial charge in [-0.15, -0.1) is 0 Å². The van der Waals surface area contributed by atoms with E-state index in [-0.39, 0.29) is 0 Å². The van der Waals surface area contributed by atoms with Gasteiger partial charge in [0.2, 0.25) is 5.96 Å². The molecule has 6 nitrogen and oxygen atoms in total. The van der Waals surface area contributed by atoms with Crippen LogP contribution in [0.3, 0.4) is 0 Å². The van der Waals surface area contributed by atoms with Gasteiger partial charge in [-0.25, -0.2) is 5.84 Å². The summed E-state index contributed by atoms with van der Waals surface area (Å²) in [6.07, 6.45) is 1.81. The summed E-state index contributed by atoms with van der Waals surface area (Å²) < 4.78 is 1.68. The number of guanidine groups is 1. The lowest BCUT2D eigenvalue weighted by Crippen LogP contribution is -2.35. The number of para-hydroxylation sites is 1. The fourth-order valence-corrected chi connectivity index (χ4v) is 1.33. The average Bonchev–Trinajstić information content (AvgIpc) is 2.75. The SMILES string of the molecule is Cn1ccc(N=C(NN)Nc2ccccc2)n1. The highest BCUT2D eigenvalue weighted by atomic mass is 15.4. The van der Waals surface area contributed by atoms with E-state index in [9.17, 15) is 0 Å². The fourth-order valence-electron chi connectivity index (χ4n) is 1.33. The van der Waals surface area contributed by atoms with E-state index in [0.717, 1.165) is 5.69 Å². The molecule has 0 aliphatic rings. The highest BCUT2D eigenvalue weighted by molar-refractivity contribution is 5.94. The zero-order valence-electron chi connectivity index (χ0n) is 9.46. The van der Waals surface area contributed by atoms with Gasteiger partial charge in [-0.05, 0) is 12.1 Å². The molecule has 17 heavy (non-hydrogen) atoms. The van der Waals surface area contributed by atoms with Gasteiger partial charge in [0.15, 0.2) is 5.82 Å². The Morgan fingerprint density at radius 2 is 2.06 bits per heavy atom. The molecule has 0 aliphatic heterocycles. The Kier molecular flexibility index (Phi) is 3.37. The molecule has 2 rings (SSSR count). The quantitative estimate of drug-likeness (QED) is 0.311. The van der Waals surface area contributed by atoms with Crippen molar-refractivity contribution in [3.63, 3.8) is 0 Å². The Hall–Kier alpha value is -2.34. The molecule has 1 heterocycles. The number of hydrogen-bond donors (Lipinski definition) is 3. The van der Waals surface area contributed by atoms with Gasteiger partial charge in [0.05, 0.1) is 0 Å². The zero-order valence-corrected chi connectivity index (χ0v) is 9.46. The van der Waals surface area contributed by atoms with Gasteiger partial charge in [0.25, 0.3) is 0 Å². The average molecular weight is 230 g/mol. The minimum Gasteiger partial charge on any atom is -0.325 e. The van der Waals surface area contributed by atoms with Crippen molar-refractivity contribution in [2.75, 3.05) is 5.32 Å². The van der Waals surface area contributed by atoms with E-state index < -0.39 is 0 Å². The molecule has 1 aromatic heterocycles. The van der Waals surface area contributed by atoms with Crippen LogP contribution in [-0.2, 0) is 7.05 Å². The number of nitrogens with zero attached hydrogens (tertiary/aromatic N) is 3. The van der Waals surface area contributed by atoms with E-state index >= 15 is 0 Å². The fraction of sp³-hybridized carbons (Fsp3) is 0.0909. The number of nitrogens with two attached hydrogens (primary N) is 1. The van der Waals surface area contributed by atoms with Crippen molar-refractivity contribution < 1.29 is 0 Å². The molecule has 0 atom stereocenters. The van der Waals surface area contributed by atoms with Crippen molar-refractivity contribution in [2.45, 2.75) is 0 Å². The van der Waals surface area contributed by atoms with Gasteiger partial charge in [0, 0.05) is 25.0 Å². The molecule has 0 saturated heterocycles. The van der Waals surface area contributed by atoms with Crippen LogP contribution in [0.1, 0.15) is 0 Å². The van der Waals surface area contributed by atoms with Crippen LogP contribution in [0.5, 0.6) is 0 Å². The Balaban J connectivity index is 2.14. The lowest BCUT2D eigenvalue weighted by atomic mass is 10.3. The van der Waals surface area contributed by atoms with E-state index in [4.69, 9.17) is 5.84 Å². The number of benzene rings is 1. The summed E-state index contributed by atoms with van der Waals surface area (Å²) in [5.74, 6) is 6.42. The summed E-state index contributed by atoms with van der Waals surface area (Å²) >= 11 is 0. The van der Waals surface area contributed by atoms with Crippen LogP contribution in [-0.4, -0.2) is 15.7 Å². The first-order valence-corrected chi connectivity index (χ1v) is 5.15. The predicted octanol–water partition coefficient (Wildman–Crippen LogP) is 0.983. The first-order chi connectivity index (χ1) is 8.28. The number of hydrogen-bond acceptors (Lipinski definition) is 3. The minimum atomic E-state index is 0.440. The van der Waals surface area contributed by atoms with Crippen LogP contribution in [0, 0.1) is 0 Å². The van der Waals surface area contributed by atoms with E-state index in [1.165, 1.54) is 0 Å². The van der Waals surface area contributed by atoms with Crippen molar-refractivity contribution in [3.05, 3.63) is 42.6 Å². The molecule has 0 radical (unpaired) electrons. The van der Waals surface area contributed by atoms with Crippen LogP contribution < -0.4 is 16.6 Å². The number of aryl methyl sites for hydroxylation is 1. The van der Waals surface area contributed by atoms with Gasteiger partial charge in [-0.1, -0.05) is 18.2 Å². The molecular formula is C11H14N6. The molecule has 2 aromatic rings. The molecule has 0 unspecified atom stereocenters. The highest BCUT2D eigenvalue weighted by Crippen LogP contribution is 2.08. The first kappa shape index (κ1) is 11.2. The number of aromatic nitrogens is 2. The first-order valence-electron chi connectivity index (χ1n) is 5.15. The molecule has 0 saturated carbocycles. The van der Waals surface area contributed by atoms with Gasteiger partial charge >= 0.3 is 0 Å². The summed E-state index contributed by atoms with van der Waals surface area (Å²) in [6, 6.07) is 11.4. The van der Waals surface area contributed by atoms with Crippen LogP contribution in [0.2, 0.25) is 0 Å². The molecular weight excluding hydrogens is 216 g/mol. The maximum Gasteiger partial charge on any atom is 0.217 e. The number of rotatable bonds is 2. The summed E-state index contributed by atoms with van der Waals surface area (Å²) in [6.45, 7) is 0. The van der Waals surface area contributed by atoms with Crippen molar-refractivity contribution in [3.8, 4) is 0 Å². The summed E-state index contributed by atoms with van der Waals surface area (Å²) in [5.41, 5.74) is 3.40. The third kappa shape index (κ3) is 3.05. The minimum absolute atomic E-state index is 0.440. The number of anilines is 1. The molecule has 0 aliphatic carbocycles. The zero-order chi connectivity index (χ0) is 12.1.